The third-order valence-corrected chi connectivity index (χ3v) is 3.56. The maximum Gasteiger partial charge on any atom is 0.258 e. The molecule has 0 fully saturated rings. The van der Waals surface area contributed by atoms with Gasteiger partial charge in [-0.2, -0.15) is 10.2 Å². The first-order chi connectivity index (χ1) is 11.2. The molecule has 0 aliphatic carbocycles. The lowest BCUT2D eigenvalue weighted by atomic mass is 10.1. The molecule has 0 saturated carbocycles. The summed E-state index contributed by atoms with van der Waals surface area (Å²) in [6.45, 7) is 0. The molecular formula is C16H10N6O. The molecule has 0 aliphatic heterocycles. The van der Waals surface area contributed by atoms with Crippen LogP contribution in [0.1, 0.15) is 5.56 Å². The van der Waals surface area contributed by atoms with Crippen molar-refractivity contribution in [1.29, 1.82) is 5.26 Å². The van der Waals surface area contributed by atoms with Crippen LogP contribution in [0, 0.1) is 11.3 Å². The van der Waals surface area contributed by atoms with E-state index < -0.39 is 0 Å². The summed E-state index contributed by atoms with van der Waals surface area (Å²) in [5, 5.41) is 20.9. The fraction of sp³-hybridized carbons (Fsp3) is 0.0625. The highest BCUT2D eigenvalue weighted by Gasteiger charge is 2.12. The standard InChI is InChI=1S/C16H10N6O/c1-22-14-7-6-12(8-13(14)19-21-22)15-18-16(23-20-15)11-4-2-10(9-17)3-5-11/h2-8H,1H3. The molecule has 2 aromatic carbocycles. The summed E-state index contributed by atoms with van der Waals surface area (Å²) in [5.74, 6) is 0.889. The molecule has 0 bridgehead atoms. The largest absolute Gasteiger partial charge is 0.334 e. The molecule has 0 radical (unpaired) electrons. The number of nitriles is 1. The van der Waals surface area contributed by atoms with Crippen molar-refractivity contribution in [3.8, 4) is 28.9 Å². The van der Waals surface area contributed by atoms with E-state index in [1.165, 1.54) is 0 Å². The van der Waals surface area contributed by atoms with E-state index in [1.54, 1.807) is 28.9 Å². The van der Waals surface area contributed by atoms with Crippen molar-refractivity contribution in [2.45, 2.75) is 0 Å². The molecule has 110 valence electrons. The van der Waals surface area contributed by atoms with Crippen LogP contribution in [0.2, 0.25) is 0 Å². The van der Waals surface area contributed by atoms with Crippen molar-refractivity contribution >= 4 is 11.0 Å². The number of aryl methyl sites for hydroxylation is 1. The molecule has 0 aliphatic rings. The maximum atomic E-state index is 8.83. The molecule has 7 heteroatoms. The average Bonchev–Trinajstić information content (AvgIpc) is 3.22. The predicted octanol–water partition coefficient (Wildman–Crippen LogP) is 2.56. The Morgan fingerprint density at radius 1 is 1.09 bits per heavy atom. The van der Waals surface area contributed by atoms with Crippen molar-refractivity contribution in [2.75, 3.05) is 0 Å². The molecule has 0 spiro atoms. The summed E-state index contributed by atoms with van der Waals surface area (Å²) in [6, 6.07) is 14.8. The Morgan fingerprint density at radius 2 is 1.87 bits per heavy atom. The van der Waals surface area contributed by atoms with Gasteiger partial charge in [0.25, 0.3) is 5.89 Å². The van der Waals surface area contributed by atoms with Gasteiger partial charge in [0, 0.05) is 18.2 Å². The second-order valence-electron chi connectivity index (χ2n) is 5.03. The number of aromatic nitrogens is 5. The van der Waals surface area contributed by atoms with Crippen LogP contribution in [0.4, 0.5) is 0 Å². The minimum Gasteiger partial charge on any atom is -0.334 e. The molecule has 0 atom stereocenters. The van der Waals surface area contributed by atoms with Crippen LogP contribution in [-0.2, 0) is 7.05 Å². The van der Waals surface area contributed by atoms with Crippen molar-refractivity contribution < 1.29 is 4.52 Å². The average molecular weight is 302 g/mol. The Kier molecular flexibility index (Phi) is 2.88. The number of hydrogen-bond acceptors (Lipinski definition) is 6. The first kappa shape index (κ1) is 13.2. The summed E-state index contributed by atoms with van der Waals surface area (Å²) >= 11 is 0. The molecule has 0 N–H and O–H groups in total. The predicted molar refractivity (Wildman–Crippen MR) is 82.0 cm³/mol. The fourth-order valence-corrected chi connectivity index (χ4v) is 2.33. The van der Waals surface area contributed by atoms with Crippen LogP contribution in [-0.4, -0.2) is 25.1 Å². The van der Waals surface area contributed by atoms with Crippen LogP contribution >= 0.6 is 0 Å². The fourth-order valence-electron chi connectivity index (χ4n) is 2.33. The molecule has 23 heavy (non-hydrogen) atoms. The highest BCUT2D eigenvalue weighted by Crippen LogP contribution is 2.24. The number of nitrogens with zero attached hydrogens (tertiary/aromatic N) is 6. The molecular weight excluding hydrogens is 292 g/mol. The third kappa shape index (κ3) is 2.22. The van der Waals surface area contributed by atoms with Gasteiger partial charge in [0.1, 0.15) is 5.52 Å². The number of fused-ring (bicyclic) bond motifs is 1. The van der Waals surface area contributed by atoms with E-state index in [4.69, 9.17) is 9.78 Å². The van der Waals surface area contributed by atoms with E-state index in [2.05, 4.69) is 26.5 Å². The van der Waals surface area contributed by atoms with Gasteiger partial charge in [-0.15, -0.1) is 5.10 Å². The van der Waals surface area contributed by atoms with Gasteiger partial charge in [-0.1, -0.05) is 10.4 Å². The molecule has 0 amide bonds. The zero-order valence-corrected chi connectivity index (χ0v) is 12.1. The van der Waals surface area contributed by atoms with Gasteiger partial charge in [0.15, 0.2) is 0 Å². The Morgan fingerprint density at radius 3 is 2.65 bits per heavy atom. The minimum atomic E-state index is 0.406. The van der Waals surface area contributed by atoms with Crippen LogP contribution in [0.5, 0.6) is 0 Å². The van der Waals surface area contributed by atoms with E-state index in [-0.39, 0.29) is 0 Å². The normalized spacial score (nSPS) is 10.8. The van der Waals surface area contributed by atoms with Gasteiger partial charge in [0.05, 0.1) is 17.1 Å². The lowest BCUT2D eigenvalue weighted by molar-refractivity contribution is 0.432. The van der Waals surface area contributed by atoms with E-state index in [0.717, 1.165) is 22.2 Å². The first-order valence-corrected chi connectivity index (χ1v) is 6.88. The van der Waals surface area contributed by atoms with E-state index in [9.17, 15) is 0 Å². The quantitative estimate of drug-likeness (QED) is 0.565. The first-order valence-electron chi connectivity index (χ1n) is 6.88. The SMILES string of the molecule is Cn1nnc2cc(-c3noc(-c4ccc(C#N)cc4)n3)ccc21. The topological polar surface area (TPSA) is 93.4 Å². The molecule has 4 rings (SSSR count). The van der Waals surface area contributed by atoms with Gasteiger partial charge < -0.3 is 4.52 Å². The smallest absolute Gasteiger partial charge is 0.258 e. The summed E-state index contributed by atoms with van der Waals surface area (Å²) in [7, 11) is 1.84. The lowest BCUT2D eigenvalue weighted by Gasteiger charge is -1.95. The molecule has 2 heterocycles. The molecule has 7 nitrogen and oxygen atoms in total. The van der Waals surface area contributed by atoms with Gasteiger partial charge >= 0.3 is 0 Å². The summed E-state index contributed by atoms with van der Waals surface area (Å²) in [4.78, 5) is 4.40. The van der Waals surface area contributed by atoms with Gasteiger partial charge in [-0.3, -0.25) is 0 Å². The van der Waals surface area contributed by atoms with Crippen molar-refractivity contribution in [2.24, 2.45) is 7.05 Å². The monoisotopic (exact) mass is 302 g/mol. The van der Waals surface area contributed by atoms with Crippen molar-refractivity contribution in [3.63, 3.8) is 0 Å². The second kappa shape index (κ2) is 5.03. The number of benzene rings is 2. The summed E-state index contributed by atoms with van der Waals surface area (Å²) < 4.78 is 7.02. The van der Waals surface area contributed by atoms with Crippen LogP contribution in [0.3, 0.4) is 0 Å². The van der Waals surface area contributed by atoms with Gasteiger partial charge in [0.2, 0.25) is 5.82 Å². The molecule has 2 aromatic heterocycles. The minimum absolute atomic E-state index is 0.406. The second-order valence-corrected chi connectivity index (χ2v) is 5.03. The summed E-state index contributed by atoms with van der Waals surface area (Å²) in [5.41, 5.74) is 3.87. The van der Waals surface area contributed by atoms with Crippen molar-refractivity contribution in [1.82, 2.24) is 25.1 Å². The Bertz CT molecular complexity index is 1040. The molecule has 4 aromatic rings. The highest BCUT2D eigenvalue weighted by atomic mass is 16.5. The van der Waals surface area contributed by atoms with Crippen LogP contribution in [0.15, 0.2) is 47.0 Å². The zero-order valence-electron chi connectivity index (χ0n) is 12.1. The third-order valence-electron chi connectivity index (χ3n) is 3.56. The Balaban J connectivity index is 1.72. The lowest BCUT2D eigenvalue weighted by Crippen LogP contribution is -1.89. The van der Waals surface area contributed by atoms with E-state index in [1.807, 2.05) is 25.2 Å². The highest BCUT2D eigenvalue weighted by molar-refractivity contribution is 5.80. The molecule has 0 saturated heterocycles. The Hall–Kier alpha value is -3.53. The number of hydrogen-bond donors (Lipinski definition) is 0. The summed E-state index contributed by atoms with van der Waals surface area (Å²) in [6.07, 6.45) is 0. The number of rotatable bonds is 2. The zero-order chi connectivity index (χ0) is 15.8. The van der Waals surface area contributed by atoms with Crippen LogP contribution in [0.25, 0.3) is 33.9 Å². The Labute approximate surface area is 130 Å². The van der Waals surface area contributed by atoms with Crippen molar-refractivity contribution in [3.05, 3.63) is 48.0 Å². The van der Waals surface area contributed by atoms with E-state index in [0.29, 0.717) is 17.3 Å². The molecule has 0 unspecified atom stereocenters. The van der Waals surface area contributed by atoms with Crippen LogP contribution < -0.4 is 0 Å². The van der Waals surface area contributed by atoms with E-state index >= 15 is 0 Å². The van der Waals surface area contributed by atoms with Gasteiger partial charge in [-0.25, -0.2) is 4.68 Å². The maximum absolute atomic E-state index is 8.83. The van der Waals surface area contributed by atoms with Gasteiger partial charge in [-0.05, 0) is 42.5 Å².